The summed E-state index contributed by atoms with van der Waals surface area (Å²) >= 11 is 0. The van der Waals surface area contributed by atoms with Gasteiger partial charge in [-0.3, -0.25) is 9.89 Å². The molecule has 2 aromatic carbocycles. The Morgan fingerprint density at radius 3 is 2.91 bits per heavy atom. The van der Waals surface area contributed by atoms with Crippen LogP contribution in [0.2, 0.25) is 0 Å². The number of benzene rings is 2. The Balaban J connectivity index is 1.62. The quantitative estimate of drug-likeness (QED) is 0.779. The number of hydrogen-bond donors (Lipinski definition) is 2. The van der Waals surface area contributed by atoms with E-state index in [0.717, 1.165) is 23.0 Å². The summed E-state index contributed by atoms with van der Waals surface area (Å²) in [5.74, 6) is -2.19. The van der Waals surface area contributed by atoms with Gasteiger partial charge in [0.05, 0.1) is 11.7 Å². The first-order chi connectivity index (χ1) is 10.6. The van der Waals surface area contributed by atoms with E-state index in [2.05, 4.69) is 15.5 Å². The molecule has 0 atom stereocenters. The minimum absolute atomic E-state index is 0.179. The summed E-state index contributed by atoms with van der Waals surface area (Å²) in [6.45, 7) is -0.383. The highest BCUT2D eigenvalue weighted by molar-refractivity contribution is 5.94. The second-order valence-electron chi connectivity index (χ2n) is 4.58. The predicted octanol–water partition coefficient (Wildman–Crippen LogP) is 2.86. The molecule has 3 aromatic rings. The van der Waals surface area contributed by atoms with Gasteiger partial charge in [0.25, 0.3) is 5.91 Å². The molecule has 0 radical (unpaired) electrons. The molecule has 0 aliphatic heterocycles. The van der Waals surface area contributed by atoms with Gasteiger partial charge in [0.15, 0.2) is 18.2 Å². The minimum atomic E-state index is -0.854. The average Bonchev–Trinajstić information content (AvgIpc) is 2.94. The number of halogens is 2. The molecule has 112 valence electrons. The fourth-order valence-electron chi connectivity index (χ4n) is 1.95. The summed E-state index contributed by atoms with van der Waals surface area (Å²) in [5.41, 5.74) is 1.42. The maximum Gasteiger partial charge on any atom is 0.262 e. The van der Waals surface area contributed by atoms with Gasteiger partial charge in [-0.15, -0.1) is 0 Å². The van der Waals surface area contributed by atoms with Crippen LogP contribution in [0.4, 0.5) is 14.5 Å². The molecule has 0 saturated heterocycles. The minimum Gasteiger partial charge on any atom is -0.481 e. The molecule has 1 aromatic heterocycles. The van der Waals surface area contributed by atoms with Gasteiger partial charge >= 0.3 is 0 Å². The van der Waals surface area contributed by atoms with Crippen molar-refractivity contribution in [2.45, 2.75) is 0 Å². The number of aromatic nitrogens is 2. The van der Waals surface area contributed by atoms with E-state index >= 15 is 0 Å². The number of H-pyrrole nitrogens is 1. The Hall–Kier alpha value is -2.96. The third-order valence-corrected chi connectivity index (χ3v) is 2.98. The molecule has 0 fully saturated rings. The van der Waals surface area contributed by atoms with Crippen LogP contribution in [0.3, 0.4) is 0 Å². The lowest BCUT2D eigenvalue weighted by Crippen LogP contribution is -2.20. The molecular weight excluding hydrogens is 292 g/mol. The first-order valence-corrected chi connectivity index (χ1v) is 6.42. The van der Waals surface area contributed by atoms with E-state index in [1.807, 2.05) is 0 Å². The van der Waals surface area contributed by atoms with Gasteiger partial charge in [-0.1, -0.05) is 0 Å². The number of carbonyl (C=O) groups is 1. The van der Waals surface area contributed by atoms with Crippen molar-refractivity contribution >= 4 is 22.5 Å². The number of nitrogens with one attached hydrogen (secondary N) is 2. The van der Waals surface area contributed by atoms with Crippen LogP contribution < -0.4 is 10.1 Å². The summed E-state index contributed by atoms with van der Waals surface area (Å²) in [6, 6.07) is 8.11. The number of hydrogen-bond acceptors (Lipinski definition) is 3. The van der Waals surface area contributed by atoms with Crippen LogP contribution in [0, 0.1) is 11.6 Å². The van der Waals surface area contributed by atoms with Crippen LogP contribution in [0.25, 0.3) is 10.9 Å². The SMILES string of the molecule is O=C(COc1ccc(F)cc1F)Nc1ccc2[nH]ncc2c1. The average molecular weight is 303 g/mol. The van der Waals surface area contributed by atoms with Crippen LogP contribution in [0.15, 0.2) is 42.6 Å². The van der Waals surface area contributed by atoms with E-state index in [1.54, 1.807) is 24.4 Å². The van der Waals surface area contributed by atoms with Crippen LogP contribution in [-0.4, -0.2) is 22.7 Å². The van der Waals surface area contributed by atoms with Gasteiger partial charge in [-0.05, 0) is 30.3 Å². The van der Waals surface area contributed by atoms with E-state index < -0.39 is 17.5 Å². The Morgan fingerprint density at radius 1 is 1.23 bits per heavy atom. The summed E-state index contributed by atoms with van der Waals surface area (Å²) in [6.07, 6.45) is 1.63. The number of rotatable bonds is 4. The Bertz CT molecular complexity index is 833. The first kappa shape index (κ1) is 14.0. The Kier molecular flexibility index (Phi) is 3.69. The monoisotopic (exact) mass is 303 g/mol. The smallest absolute Gasteiger partial charge is 0.262 e. The van der Waals surface area contributed by atoms with Crippen molar-refractivity contribution in [2.75, 3.05) is 11.9 Å². The van der Waals surface area contributed by atoms with Gasteiger partial charge in [0.1, 0.15) is 5.82 Å². The van der Waals surface area contributed by atoms with Crippen molar-refractivity contribution in [3.05, 3.63) is 54.2 Å². The van der Waals surface area contributed by atoms with Gasteiger partial charge in [-0.2, -0.15) is 5.10 Å². The van der Waals surface area contributed by atoms with Crippen molar-refractivity contribution in [1.82, 2.24) is 10.2 Å². The fourth-order valence-corrected chi connectivity index (χ4v) is 1.95. The maximum atomic E-state index is 13.4. The van der Waals surface area contributed by atoms with E-state index in [0.29, 0.717) is 11.8 Å². The van der Waals surface area contributed by atoms with Crippen molar-refractivity contribution in [2.24, 2.45) is 0 Å². The van der Waals surface area contributed by atoms with Crippen LogP contribution >= 0.6 is 0 Å². The summed E-state index contributed by atoms with van der Waals surface area (Å²) in [7, 11) is 0. The summed E-state index contributed by atoms with van der Waals surface area (Å²) < 4.78 is 31.1. The second kappa shape index (κ2) is 5.80. The van der Waals surface area contributed by atoms with Crippen molar-refractivity contribution in [1.29, 1.82) is 0 Å². The lowest BCUT2D eigenvalue weighted by Gasteiger charge is -2.08. The third kappa shape index (κ3) is 3.03. The summed E-state index contributed by atoms with van der Waals surface area (Å²) in [5, 5.41) is 10.2. The topological polar surface area (TPSA) is 67.0 Å². The Labute approximate surface area is 123 Å². The molecular formula is C15H11F2N3O2. The molecule has 1 heterocycles. The van der Waals surface area contributed by atoms with Gasteiger partial charge in [0.2, 0.25) is 0 Å². The largest absolute Gasteiger partial charge is 0.481 e. The number of amides is 1. The molecule has 0 unspecified atom stereocenters. The zero-order chi connectivity index (χ0) is 15.5. The lowest BCUT2D eigenvalue weighted by molar-refractivity contribution is -0.118. The number of nitrogens with zero attached hydrogens (tertiary/aromatic N) is 1. The van der Waals surface area contributed by atoms with E-state index in [4.69, 9.17) is 4.74 Å². The molecule has 0 bridgehead atoms. The number of ether oxygens (including phenoxy) is 1. The zero-order valence-corrected chi connectivity index (χ0v) is 11.3. The van der Waals surface area contributed by atoms with Crippen molar-refractivity contribution in [3.8, 4) is 5.75 Å². The van der Waals surface area contributed by atoms with Gasteiger partial charge < -0.3 is 10.1 Å². The number of fused-ring (bicyclic) bond motifs is 1. The highest BCUT2D eigenvalue weighted by atomic mass is 19.1. The molecule has 7 heteroatoms. The molecule has 0 spiro atoms. The molecule has 2 N–H and O–H groups in total. The number of aromatic amines is 1. The highest BCUT2D eigenvalue weighted by Crippen LogP contribution is 2.18. The molecule has 0 saturated carbocycles. The third-order valence-electron chi connectivity index (χ3n) is 2.98. The zero-order valence-electron chi connectivity index (χ0n) is 11.3. The standard InChI is InChI=1S/C15H11F2N3O2/c16-10-1-4-14(12(17)6-10)22-8-15(21)19-11-2-3-13-9(5-11)7-18-20-13/h1-7H,8H2,(H,18,20)(H,19,21). The van der Waals surface area contributed by atoms with E-state index in [1.165, 1.54) is 0 Å². The molecule has 3 rings (SSSR count). The van der Waals surface area contributed by atoms with Crippen LogP contribution in [-0.2, 0) is 4.79 Å². The molecule has 22 heavy (non-hydrogen) atoms. The van der Waals surface area contributed by atoms with E-state index in [9.17, 15) is 13.6 Å². The predicted molar refractivity (Wildman–Crippen MR) is 76.6 cm³/mol. The molecule has 0 aliphatic rings. The maximum absolute atomic E-state index is 13.4. The second-order valence-corrected chi connectivity index (χ2v) is 4.58. The van der Waals surface area contributed by atoms with Crippen LogP contribution in [0.1, 0.15) is 0 Å². The normalized spacial score (nSPS) is 10.6. The molecule has 1 amide bonds. The van der Waals surface area contributed by atoms with Crippen LogP contribution in [0.5, 0.6) is 5.75 Å². The Morgan fingerprint density at radius 2 is 2.09 bits per heavy atom. The van der Waals surface area contributed by atoms with Crippen molar-refractivity contribution < 1.29 is 18.3 Å². The molecule has 5 nitrogen and oxygen atoms in total. The van der Waals surface area contributed by atoms with Gasteiger partial charge in [0, 0.05) is 17.1 Å². The first-order valence-electron chi connectivity index (χ1n) is 6.42. The molecule has 0 aliphatic carbocycles. The van der Waals surface area contributed by atoms with Crippen molar-refractivity contribution in [3.63, 3.8) is 0 Å². The fraction of sp³-hybridized carbons (Fsp3) is 0.0667. The number of carbonyl (C=O) groups excluding carboxylic acids is 1. The van der Waals surface area contributed by atoms with E-state index in [-0.39, 0.29) is 12.4 Å². The number of anilines is 1. The summed E-state index contributed by atoms with van der Waals surface area (Å²) in [4.78, 5) is 11.8. The highest BCUT2D eigenvalue weighted by Gasteiger charge is 2.09. The van der Waals surface area contributed by atoms with Gasteiger partial charge in [-0.25, -0.2) is 8.78 Å². The lowest BCUT2D eigenvalue weighted by atomic mass is 10.2.